The topological polar surface area (TPSA) is 71.5 Å². The molecule has 1 N–H and O–H groups in total. The number of aromatic nitrogens is 1. The first-order valence-corrected chi connectivity index (χ1v) is 9.27. The highest BCUT2D eigenvalue weighted by atomic mass is 16.5. The number of hydrogen-bond donors (Lipinski definition) is 1. The highest BCUT2D eigenvalue weighted by molar-refractivity contribution is 5.94. The summed E-state index contributed by atoms with van der Waals surface area (Å²) in [5.74, 6) is 0.867. The van der Waals surface area contributed by atoms with Crippen LogP contribution >= 0.6 is 0 Å². The molecule has 1 aromatic carbocycles. The zero-order valence-electron chi connectivity index (χ0n) is 15.6. The van der Waals surface area contributed by atoms with Crippen LogP contribution in [0.3, 0.4) is 0 Å². The van der Waals surface area contributed by atoms with Gasteiger partial charge in [-0.15, -0.1) is 0 Å². The highest BCUT2D eigenvalue weighted by Crippen LogP contribution is 2.16. The van der Waals surface area contributed by atoms with E-state index in [2.05, 4.69) is 10.3 Å². The van der Waals surface area contributed by atoms with E-state index in [-0.39, 0.29) is 17.9 Å². The van der Waals surface area contributed by atoms with E-state index >= 15 is 0 Å². The number of piperidine rings is 1. The van der Waals surface area contributed by atoms with Crippen LogP contribution in [0.5, 0.6) is 5.75 Å². The number of rotatable bonds is 6. The molecule has 0 spiro atoms. The van der Waals surface area contributed by atoms with Crippen molar-refractivity contribution in [1.82, 2.24) is 15.2 Å². The van der Waals surface area contributed by atoms with Gasteiger partial charge in [0.15, 0.2) is 0 Å². The molecule has 2 aromatic rings. The Labute approximate surface area is 159 Å². The number of carbonyl (C=O) groups is 2. The molecule has 2 heterocycles. The van der Waals surface area contributed by atoms with Crippen LogP contribution in [0.2, 0.25) is 0 Å². The third-order valence-electron chi connectivity index (χ3n) is 4.87. The summed E-state index contributed by atoms with van der Waals surface area (Å²) in [6.07, 6.45) is 5.94. The summed E-state index contributed by atoms with van der Waals surface area (Å²) in [6.45, 7) is 1.35. The molecule has 2 amide bonds. The number of hydrogen-bond acceptors (Lipinski definition) is 4. The molecular weight excluding hydrogens is 342 g/mol. The standard InChI is InChI=1S/C21H25N3O3/c1-27-19-6-2-4-16(14-19)7-8-20(25)24-12-9-18(10-13-24)23-21(26)17-5-3-11-22-15-17/h2-6,11,14-15,18H,7-10,12-13H2,1H3,(H,23,26). The monoisotopic (exact) mass is 367 g/mol. The van der Waals surface area contributed by atoms with E-state index in [1.807, 2.05) is 29.2 Å². The number of aryl methyl sites for hydroxylation is 1. The molecule has 1 fully saturated rings. The van der Waals surface area contributed by atoms with Gasteiger partial charge >= 0.3 is 0 Å². The summed E-state index contributed by atoms with van der Waals surface area (Å²) in [5, 5.41) is 3.03. The van der Waals surface area contributed by atoms with Crippen LogP contribution in [-0.2, 0) is 11.2 Å². The second-order valence-electron chi connectivity index (χ2n) is 6.72. The van der Waals surface area contributed by atoms with Gasteiger partial charge in [-0.05, 0) is 49.1 Å². The van der Waals surface area contributed by atoms with Crippen molar-refractivity contribution in [3.63, 3.8) is 0 Å². The van der Waals surface area contributed by atoms with Crippen LogP contribution in [0.4, 0.5) is 0 Å². The molecule has 1 aliphatic heterocycles. The van der Waals surface area contributed by atoms with Gasteiger partial charge in [0.05, 0.1) is 12.7 Å². The average molecular weight is 367 g/mol. The molecule has 1 aromatic heterocycles. The van der Waals surface area contributed by atoms with Gasteiger partial charge in [0.2, 0.25) is 5.91 Å². The number of nitrogens with one attached hydrogen (secondary N) is 1. The fourth-order valence-corrected chi connectivity index (χ4v) is 3.28. The van der Waals surface area contributed by atoms with E-state index in [0.29, 0.717) is 31.5 Å². The van der Waals surface area contributed by atoms with Gasteiger partial charge in [-0.3, -0.25) is 14.6 Å². The van der Waals surface area contributed by atoms with Crippen molar-refractivity contribution in [2.75, 3.05) is 20.2 Å². The second-order valence-corrected chi connectivity index (χ2v) is 6.72. The summed E-state index contributed by atoms with van der Waals surface area (Å²) in [6, 6.07) is 11.4. The van der Waals surface area contributed by atoms with Crippen LogP contribution in [-0.4, -0.2) is 47.9 Å². The third-order valence-corrected chi connectivity index (χ3v) is 4.87. The lowest BCUT2D eigenvalue weighted by Crippen LogP contribution is -2.46. The summed E-state index contributed by atoms with van der Waals surface area (Å²) in [5.41, 5.74) is 1.66. The first kappa shape index (κ1) is 18.9. The molecule has 0 saturated carbocycles. The normalized spacial score (nSPS) is 14.6. The van der Waals surface area contributed by atoms with Crippen molar-refractivity contribution in [2.24, 2.45) is 0 Å². The first-order chi connectivity index (χ1) is 13.2. The molecule has 1 saturated heterocycles. The van der Waals surface area contributed by atoms with Gasteiger partial charge in [-0.25, -0.2) is 0 Å². The molecule has 0 unspecified atom stereocenters. The summed E-state index contributed by atoms with van der Waals surface area (Å²) in [4.78, 5) is 30.5. The molecule has 27 heavy (non-hydrogen) atoms. The number of ether oxygens (including phenoxy) is 1. The number of carbonyl (C=O) groups excluding carboxylic acids is 2. The maximum absolute atomic E-state index is 12.5. The molecule has 0 aliphatic carbocycles. The van der Waals surface area contributed by atoms with E-state index in [1.165, 1.54) is 0 Å². The van der Waals surface area contributed by atoms with Gasteiger partial charge in [0.1, 0.15) is 5.75 Å². The Balaban J connectivity index is 1.43. The van der Waals surface area contributed by atoms with Crippen molar-refractivity contribution < 1.29 is 14.3 Å². The van der Waals surface area contributed by atoms with Crippen molar-refractivity contribution in [3.8, 4) is 5.75 Å². The lowest BCUT2D eigenvalue weighted by atomic mass is 10.0. The van der Waals surface area contributed by atoms with E-state index in [4.69, 9.17) is 4.74 Å². The predicted octanol–water partition coefficient (Wildman–Crippen LogP) is 2.44. The SMILES string of the molecule is COc1cccc(CCC(=O)N2CCC(NC(=O)c3cccnc3)CC2)c1. The molecule has 142 valence electrons. The largest absolute Gasteiger partial charge is 0.497 e. The maximum atomic E-state index is 12.5. The number of likely N-dealkylation sites (tertiary alicyclic amines) is 1. The minimum Gasteiger partial charge on any atom is -0.497 e. The van der Waals surface area contributed by atoms with Gasteiger partial charge < -0.3 is 15.0 Å². The van der Waals surface area contributed by atoms with Crippen molar-refractivity contribution in [3.05, 3.63) is 59.9 Å². The Morgan fingerprint density at radius 3 is 2.74 bits per heavy atom. The van der Waals surface area contributed by atoms with Crippen molar-refractivity contribution >= 4 is 11.8 Å². The van der Waals surface area contributed by atoms with Crippen molar-refractivity contribution in [1.29, 1.82) is 0 Å². The molecular formula is C21H25N3O3. The molecule has 3 rings (SSSR count). The van der Waals surface area contributed by atoms with Gasteiger partial charge in [-0.2, -0.15) is 0 Å². The Morgan fingerprint density at radius 1 is 1.22 bits per heavy atom. The zero-order chi connectivity index (χ0) is 19.1. The first-order valence-electron chi connectivity index (χ1n) is 9.27. The fourth-order valence-electron chi connectivity index (χ4n) is 3.28. The quantitative estimate of drug-likeness (QED) is 0.851. The Morgan fingerprint density at radius 2 is 2.04 bits per heavy atom. The predicted molar refractivity (Wildman–Crippen MR) is 103 cm³/mol. The van der Waals surface area contributed by atoms with Gasteiger partial charge in [0.25, 0.3) is 5.91 Å². The smallest absolute Gasteiger partial charge is 0.253 e. The molecule has 6 nitrogen and oxygen atoms in total. The Kier molecular flexibility index (Phi) is 6.41. The zero-order valence-corrected chi connectivity index (χ0v) is 15.6. The number of benzene rings is 1. The number of amides is 2. The number of nitrogens with zero attached hydrogens (tertiary/aromatic N) is 2. The van der Waals surface area contributed by atoms with Crippen LogP contribution in [0.25, 0.3) is 0 Å². The van der Waals surface area contributed by atoms with Crippen LogP contribution < -0.4 is 10.1 Å². The average Bonchev–Trinajstić information content (AvgIpc) is 2.73. The number of pyridine rings is 1. The lowest BCUT2D eigenvalue weighted by molar-refractivity contribution is -0.132. The molecule has 0 atom stereocenters. The Bertz CT molecular complexity index is 771. The minimum atomic E-state index is -0.106. The molecule has 0 bridgehead atoms. The molecule has 1 aliphatic rings. The summed E-state index contributed by atoms with van der Waals surface area (Å²) < 4.78 is 5.22. The Hall–Kier alpha value is -2.89. The van der Waals surface area contributed by atoms with Gasteiger partial charge in [-0.1, -0.05) is 12.1 Å². The van der Waals surface area contributed by atoms with E-state index < -0.39 is 0 Å². The fraction of sp³-hybridized carbons (Fsp3) is 0.381. The second kappa shape index (κ2) is 9.16. The summed E-state index contributed by atoms with van der Waals surface area (Å²) in [7, 11) is 1.64. The van der Waals surface area contributed by atoms with Crippen LogP contribution in [0.1, 0.15) is 35.2 Å². The molecule has 6 heteroatoms. The lowest BCUT2D eigenvalue weighted by Gasteiger charge is -2.32. The minimum absolute atomic E-state index is 0.0974. The number of methoxy groups -OCH3 is 1. The van der Waals surface area contributed by atoms with E-state index in [0.717, 1.165) is 24.2 Å². The maximum Gasteiger partial charge on any atom is 0.253 e. The third kappa shape index (κ3) is 5.29. The highest BCUT2D eigenvalue weighted by Gasteiger charge is 2.24. The summed E-state index contributed by atoms with van der Waals surface area (Å²) >= 11 is 0. The van der Waals surface area contributed by atoms with Crippen molar-refractivity contribution in [2.45, 2.75) is 31.7 Å². The van der Waals surface area contributed by atoms with E-state index in [1.54, 1.807) is 31.6 Å². The van der Waals surface area contributed by atoms with E-state index in [9.17, 15) is 9.59 Å². The molecule has 0 radical (unpaired) electrons. The van der Waals surface area contributed by atoms with Gasteiger partial charge in [0, 0.05) is 37.9 Å². The van der Waals surface area contributed by atoms with Crippen LogP contribution in [0, 0.1) is 0 Å². The van der Waals surface area contributed by atoms with Crippen LogP contribution in [0.15, 0.2) is 48.8 Å².